The fourth-order valence-electron chi connectivity index (χ4n) is 4.08. The highest BCUT2D eigenvalue weighted by Crippen LogP contribution is 2.26. The number of nitrogens with zero attached hydrogens (tertiary/aromatic N) is 2. The lowest BCUT2D eigenvalue weighted by molar-refractivity contribution is -0.139. The number of hydrogen-bond acceptors (Lipinski definition) is 4. The molecular formula is C28H32ClN3O4S. The van der Waals surface area contributed by atoms with Crippen molar-refractivity contribution in [3.05, 3.63) is 94.5 Å². The number of nitrogens with one attached hydrogen (secondary N) is 1. The molecule has 0 radical (unpaired) electrons. The molecule has 0 spiro atoms. The molecule has 1 atom stereocenters. The number of rotatable bonds is 10. The number of halogens is 1. The Kier molecular flexibility index (Phi) is 9.34. The third-order valence-corrected chi connectivity index (χ3v) is 7.89. The largest absolute Gasteiger partial charge is 0.355 e. The summed E-state index contributed by atoms with van der Waals surface area (Å²) in [5.41, 5.74) is 2.83. The van der Waals surface area contributed by atoms with Crippen LogP contribution in [0.25, 0.3) is 0 Å². The van der Waals surface area contributed by atoms with E-state index in [1.54, 1.807) is 68.4 Å². The van der Waals surface area contributed by atoms with Crippen molar-refractivity contribution in [3.63, 3.8) is 0 Å². The highest BCUT2D eigenvalue weighted by Gasteiger charge is 2.32. The first-order chi connectivity index (χ1) is 17.5. The van der Waals surface area contributed by atoms with Gasteiger partial charge in [0.15, 0.2) is 0 Å². The standard InChI is InChI=1S/C28H32ClN3O4S/c1-5-30-28(34)22(4)31(18-23-10-9-11-24(29)17-23)27(33)19-32(25-15-20(2)14-21(3)16-25)37(35,36)26-12-7-6-8-13-26/h6-17,22H,5,18-19H2,1-4H3,(H,30,34)/t22-/m0/s1. The Balaban J connectivity index is 2.05. The number of anilines is 1. The quantitative estimate of drug-likeness (QED) is 0.403. The van der Waals surface area contributed by atoms with Gasteiger partial charge in [-0.2, -0.15) is 0 Å². The maximum Gasteiger partial charge on any atom is 0.264 e. The van der Waals surface area contributed by atoms with Crippen molar-refractivity contribution in [3.8, 4) is 0 Å². The summed E-state index contributed by atoms with van der Waals surface area (Å²) < 4.78 is 28.7. The Morgan fingerprint density at radius 2 is 1.59 bits per heavy atom. The van der Waals surface area contributed by atoms with Gasteiger partial charge >= 0.3 is 0 Å². The van der Waals surface area contributed by atoms with E-state index in [0.29, 0.717) is 17.3 Å². The van der Waals surface area contributed by atoms with Gasteiger partial charge < -0.3 is 10.2 Å². The van der Waals surface area contributed by atoms with Crippen LogP contribution in [0.1, 0.15) is 30.5 Å². The van der Waals surface area contributed by atoms with Crippen molar-refractivity contribution < 1.29 is 18.0 Å². The summed E-state index contributed by atoms with van der Waals surface area (Å²) in [7, 11) is -4.09. The topological polar surface area (TPSA) is 86.8 Å². The predicted octanol–water partition coefficient (Wildman–Crippen LogP) is 4.71. The van der Waals surface area contributed by atoms with E-state index in [2.05, 4.69) is 5.32 Å². The second-order valence-corrected chi connectivity index (χ2v) is 11.2. The third kappa shape index (κ3) is 7.11. The molecule has 0 aromatic heterocycles. The summed E-state index contributed by atoms with van der Waals surface area (Å²) in [4.78, 5) is 28.0. The van der Waals surface area contributed by atoms with E-state index < -0.39 is 28.5 Å². The van der Waals surface area contributed by atoms with E-state index in [1.807, 2.05) is 19.9 Å². The van der Waals surface area contributed by atoms with Gasteiger partial charge in [-0.15, -0.1) is 0 Å². The molecule has 3 aromatic rings. The van der Waals surface area contributed by atoms with Gasteiger partial charge in [0.1, 0.15) is 12.6 Å². The van der Waals surface area contributed by atoms with Crippen LogP contribution < -0.4 is 9.62 Å². The highest BCUT2D eigenvalue weighted by molar-refractivity contribution is 7.92. The van der Waals surface area contributed by atoms with Crippen molar-refractivity contribution in [1.29, 1.82) is 0 Å². The van der Waals surface area contributed by atoms with Crippen LogP contribution in [0.3, 0.4) is 0 Å². The molecule has 2 amide bonds. The molecule has 0 bridgehead atoms. The van der Waals surface area contributed by atoms with Gasteiger partial charge in [0.25, 0.3) is 10.0 Å². The Bertz CT molecular complexity index is 1340. The molecule has 0 aliphatic heterocycles. The van der Waals surface area contributed by atoms with Crippen LogP contribution in [0.2, 0.25) is 5.02 Å². The molecule has 0 aliphatic carbocycles. The maximum absolute atomic E-state index is 13.8. The minimum Gasteiger partial charge on any atom is -0.355 e. The fourth-order valence-corrected chi connectivity index (χ4v) is 5.71. The molecule has 37 heavy (non-hydrogen) atoms. The molecule has 7 nitrogen and oxygen atoms in total. The molecule has 9 heteroatoms. The third-order valence-electron chi connectivity index (χ3n) is 5.86. The number of sulfonamides is 1. The number of amides is 2. The van der Waals surface area contributed by atoms with E-state index in [4.69, 9.17) is 11.6 Å². The lowest BCUT2D eigenvalue weighted by Gasteiger charge is -2.32. The van der Waals surface area contributed by atoms with Crippen molar-refractivity contribution >= 4 is 39.1 Å². The average molecular weight is 542 g/mol. The minimum absolute atomic E-state index is 0.0696. The summed E-state index contributed by atoms with van der Waals surface area (Å²) in [5, 5.41) is 3.24. The zero-order valence-electron chi connectivity index (χ0n) is 21.4. The molecule has 0 saturated carbocycles. The summed E-state index contributed by atoms with van der Waals surface area (Å²) in [6.45, 7) is 7.17. The molecule has 196 valence electrons. The van der Waals surface area contributed by atoms with E-state index in [1.165, 1.54) is 17.0 Å². The summed E-state index contributed by atoms with van der Waals surface area (Å²) in [5.74, 6) is -0.848. The molecule has 0 saturated heterocycles. The van der Waals surface area contributed by atoms with Gasteiger partial charge in [-0.25, -0.2) is 8.42 Å². The van der Waals surface area contributed by atoms with Crippen LogP contribution in [-0.4, -0.2) is 44.3 Å². The number of carbonyl (C=O) groups excluding carboxylic acids is 2. The summed E-state index contributed by atoms with van der Waals surface area (Å²) in [6.07, 6.45) is 0. The zero-order chi connectivity index (χ0) is 27.2. The van der Waals surface area contributed by atoms with Gasteiger partial charge in [0, 0.05) is 18.1 Å². The lowest BCUT2D eigenvalue weighted by Crippen LogP contribution is -2.51. The Labute approximate surface area is 224 Å². The van der Waals surface area contributed by atoms with E-state index in [9.17, 15) is 18.0 Å². The predicted molar refractivity (Wildman–Crippen MR) is 147 cm³/mol. The highest BCUT2D eigenvalue weighted by atomic mass is 35.5. The first-order valence-corrected chi connectivity index (χ1v) is 13.8. The molecule has 0 aliphatic rings. The Hall–Kier alpha value is -3.36. The van der Waals surface area contributed by atoms with Crippen molar-refractivity contribution in [2.45, 2.75) is 45.2 Å². The Morgan fingerprint density at radius 3 is 2.19 bits per heavy atom. The first kappa shape index (κ1) is 28.2. The molecule has 1 N–H and O–H groups in total. The van der Waals surface area contributed by atoms with Gasteiger partial charge in [0.05, 0.1) is 10.6 Å². The molecule has 3 aromatic carbocycles. The first-order valence-electron chi connectivity index (χ1n) is 12.0. The van der Waals surface area contributed by atoms with Gasteiger partial charge in [-0.3, -0.25) is 13.9 Å². The molecular weight excluding hydrogens is 510 g/mol. The zero-order valence-corrected chi connectivity index (χ0v) is 23.0. The van der Waals surface area contributed by atoms with Crippen LogP contribution in [0.15, 0.2) is 77.7 Å². The normalized spacial score (nSPS) is 12.0. The van der Waals surface area contributed by atoms with Crippen LogP contribution in [0.4, 0.5) is 5.69 Å². The van der Waals surface area contributed by atoms with E-state index in [0.717, 1.165) is 21.0 Å². The molecule has 0 heterocycles. The summed E-state index contributed by atoms with van der Waals surface area (Å²) >= 11 is 6.15. The fraction of sp³-hybridized carbons (Fsp3) is 0.286. The number of likely N-dealkylation sites (N-methyl/N-ethyl adjacent to an activating group) is 1. The van der Waals surface area contributed by atoms with Gasteiger partial charge in [-0.05, 0) is 80.8 Å². The molecule has 0 fully saturated rings. The van der Waals surface area contributed by atoms with Gasteiger partial charge in [-0.1, -0.05) is 48.0 Å². The average Bonchev–Trinajstić information content (AvgIpc) is 2.85. The van der Waals surface area contributed by atoms with Crippen molar-refractivity contribution in [2.24, 2.45) is 0 Å². The van der Waals surface area contributed by atoms with Gasteiger partial charge in [0.2, 0.25) is 11.8 Å². The maximum atomic E-state index is 13.8. The number of aryl methyl sites for hydroxylation is 2. The number of carbonyl (C=O) groups is 2. The van der Waals surface area contributed by atoms with Crippen LogP contribution in [-0.2, 0) is 26.2 Å². The number of hydrogen-bond donors (Lipinski definition) is 1. The SMILES string of the molecule is CCNC(=O)[C@H](C)N(Cc1cccc(Cl)c1)C(=O)CN(c1cc(C)cc(C)c1)S(=O)(=O)c1ccccc1. The Morgan fingerprint density at radius 1 is 0.946 bits per heavy atom. The number of benzene rings is 3. The van der Waals surface area contributed by atoms with E-state index >= 15 is 0 Å². The second-order valence-electron chi connectivity index (χ2n) is 8.89. The van der Waals surface area contributed by atoms with Crippen LogP contribution >= 0.6 is 11.6 Å². The lowest BCUT2D eigenvalue weighted by atomic mass is 10.1. The summed E-state index contributed by atoms with van der Waals surface area (Å²) in [6, 6.07) is 19.6. The van der Waals surface area contributed by atoms with Crippen molar-refractivity contribution in [2.75, 3.05) is 17.4 Å². The second kappa shape index (κ2) is 12.3. The monoisotopic (exact) mass is 541 g/mol. The minimum atomic E-state index is -4.09. The van der Waals surface area contributed by atoms with Crippen LogP contribution in [0.5, 0.6) is 0 Å². The molecule has 0 unspecified atom stereocenters. The smallest absolute Gasteiger partial charge is 0.264 e. The molecule has 3 rings (SSSR count). The van der Waals surface area contributed by atoms with E-state index in [-0.39, 0.29) is 17.3 Å². The van der Waals surface area contributed by atoms with Crippen LogP contribution in [0, 0.1) is 13.8 Å². The van der Waals surface area contributed by atoms with Crippen molar-refractivity contribution in [1.82, 2.24) is 10.2 Å².